The van der Waals surface area contributed by atoms with Gasteiger partial charge in [0.2, 0.25) is 5.91 Å². The molecule has 1 aromatic rings. The summed E-state index contributed by atoms with van der Waals surface area (Å²) in [7, 11) is 0. The van der Waals surface area contributed by atoms with Crippen molar-refractivity contribution < 1.29 is 4.79 Å². The van der Waals surface area contributed by atoms with Gasteiger partial charge in [-0.2, -0.15) is 0 Å². The Bertz CT molecular complexity index is 425. The average molecular weight is 275 g/mol. The number of amides is 1. The van der Waals surface area contributed by atoms with Crippen LogP contribution in [-0.4, -0.2) is 49.1 Å². The van der Waals surface area contributed by atoms with E-state index in [4.69, 9.17) is 0 Å². The monoisotopic (exact) mass is 275 g/mol. The first-order valence-corrected chi connectivity index (χ1v) is 7.42. The first kappa shape index (κ1) is 14.9. The molecule has 1 aliphatic heterocycles. The topological polar surface area (TPSA) is 35.6 Å². The molecule has 1 amide bonds. The second-order valence-electron chi connectivity index (χ2n) is 5.70. The summed E-state index contributed by atoms with van der Waals surface area (Å²) < 4.78 is 0. The molecule has 4 heteroatoms. The van der Waals surface area contributed by atoms with Gasteiger partial charge in [0.1, 0.15) is 0 Å². The van der Waals surface area contributed by atoms with Crippen molar-refractivity contribution in [3.8, 4) is 0 Å². The number of carbonyl (C=O) groups excluding carboxylic acids is 1. The van der Waals surface area contributed by atoms with Gasteiger partial charge >= 0.3 is 0 Å². The SMILES string of the molecule is CC(C)NC(=O)C(C)N1CCN(c2ccccc2)CC1. The third kappa shape index (κ3) is 3.73. The first-order chi connectivity index (χ1) is 9.58. The number of hydrogen-bond acceptors (Lipinski definition) is 3. The summed E-state index contributed by atoms with van der Waals surface area (Å²) in [6, 6.07) is 10.6. The van der Waals surface area contributed by atoms with Crippen LogP contribution in [0.25, 0.3) is 0 Å². The summed E-state index contributed by atoms with van der Waals surface area (Å²) in [5.41, 5.74) is 1.27. The molecule has 1 saturated heterocycles. The van der Waals surface area contributed by atoms with Crippen molar-refractivity contribution in [1.29, 1.82) is 0 Å². The predicted molar refractivity (Wildman–Crippen MR) is 83.0 cm³/mol. The van der Waals surface area contributed by atoms with Crippen LogP contribution in [0.4, 0.5) is 5.69 Å². The van der Waals surface area contributed by atoms with E-state index in [1.807, 2.05) is 26.8 Å². The third-order valence-corrected chi connectivity index (χ3v) is 3.79. The smallest absolute Gasteiger partial charge is 0.237 e. The van der Waals surface area contributed by atoms with E-state index in [1.54, 1.807) is 0 Å². The van der Waals surface area contributed by atoms with Gasteiger partial charge < -0.3 is 10.2 Å². The second kappa shape index (κ2) is 6.75. The summed E-state index contributed by atoms with van der Waals surface area (Å²) >= 11 is 0. The van der Waals surface area contributed by atoms with Gasteiger partial charge in [0, 0.05) is 37.9 Å². The van der Waals surface area contributed by atoms with Gasteiger partial charge in [-0.05, 0) is 32.9 Å². The van der Waals surface area contributed by atoms with E-state index >= 15 is 0 Å². The van der Waals surface area contributed by atoms with Crippen molar-refractivity contribution in [2.45, 2.75) is 32.9 Å². The molecule has 110 valence electrons. The van der Waals surface area contributed by atoms with E-state index in [0.717, 1.165) is 26.2 Å². The quantitative estimate of drug-likeness (QED) is 0.909. The zero-order chi connectivity index (χ0) is 14.5. The van der Waals surface area contributed by atoms with E-state index < -0.39 is 0 Å². The lowest BCUT2D eigenvalue weighted by Crippen LogP contribution is -2.54. The van der Waals surface area contributed by atoms with Crippen LogP contribution in [0.2, 0.25) is 0 Å². The van der Waals surface area contributed by atoms with Crippen LogP contribution >= 0.6 is 0 Å². The Hall–Kier alpha value is -1.55. The van der Waals surface area contributed by atoms with Crippen LogP contribution < -0.4 is 10.2 Å². The zero-order valence-electron chi connectivity index (χ0n) is 12.7. The standard InChI is InChI=1S/C16H25N3O/c1-13(2)17-16(20)14(3)18-9-11-19(12-10-18)15-7-5-4-6-8-15/h4-8,13-14H,9-12H2,1-3H3,(H,17,20). The summed E-state index contributed by atoms with van der Waals surface area (Å²) in [6.07, 6.45) is 0. The molecule has 1 aliphatic rings. The van der Waals surface area contributed by atoms with E-state index in [1.165, 1.54) is 5.69 Å². The molecular formula is C16H25N3O. The highest BCUT2D eigenvalue weighted by atomic mass is 16.2. The maximum Gasteiger partial charge on any atom is 0.237 e. The molecule has 4 nitrogen and oxygen atoms in total. The summed E-state index contributed by atoms with van der Waals surface area (Å²) in [4.78, 5) is 16.7. The lowest BCUT2D eigenvalue weighted by molar-refractivity contribution is -0.126. The van der Waals surface area contributed by atoms with Crippen LogP contribution in [0, 0.1) is 0 Å². The molecule has 0 bridgehead atoms. The number of rotatable bonds is 4. The zero-order valence-corrected chi connectivity index (χ0v) is 12.7. The van der Waals surface area contributed by atoms with Gasteiger partial charge in [-0.1, -0.05) is 18.2 Å². The van der Waals surface area contributed by atoms with Crippen molar-refractivity contribution in [2.75, 3.05) is 31.1 Å². The fraction of sp³-hybridized carbons (Fsp3) is 0.562. The van der Waals surface area contributed by atoms with Gasteiger partial charge in [-0.15, -0.1) is 0 Å². The molecule has 0 saturated carbocycles. The van der Waals surface area contributed by atoms with E-state index in [-0.39, 0.29) is 18.0 Å². The predicted octanol–water partition coefficient (Wildman–Crippen LogP) is 1.72. The minimum absolute atomic E-state index is 0.0460. The van der Waals surface area contributed by atoms with E-state index in [2.05, 4.69) is 39.4 Å². The van der Waals surface area contributed by atoms with Crippen molar-refractivity contribution in [2.24, 2.45) is 0 Å². The molecule has 20 heavy (non-hydrogen) atoms. The van der Waals surface area contributed by atoms with Crippen LogP contribution in [-0.2, 0) is 4.79 Å². The highest BCUT2D eigenvalue weighted by molar-refractivity contribution is 5.81. The Balaban J connectivity index is 1.86. The average Bonchev–Trinajstić information content (AvgIpc) is 2.47. The second-order valence-corrected chi connectivity index (χ2v) is 5.70. The number of hydrogen-bond donors (Lipinski definition) is 1. The van der Waals surface area contributed by atoms with Crippen LogP contribution in [0.5, 0.6) is 0 Å². The van der Waals surface area contributed by atoms with E-state index in [9.17, 15) is 4.79 Å². The van der Waals surface area contributed by atoms with Crippen LogP contribution in [0.3, 0.4) is 0 Å². The summed E-state index contributed by atoms with van der Waals surface area (Å²) in [5.74, 6) is 0.133. The fourth-order valence-corrected chi connectivity index (χ4v) is 2.58. The highest BCUT2D eigenvalue weighted by Gasteiger charge is 2.25. The summed E-state index contributed by atoms with van der Waals surface area (Å²) in [6.45, 7) is 9.81. The van der Waals surface area contributed by atoms with Crippen molar-refractivity contribution in [1.82, 2.24) is 10.2 Å². The molecule has 2 rings (SSSR count). The largest absolute Gasteiger partial charge is 0.369 e. The molecule has 1 heterocycles. The fourth-order valence-electron chi connectivity index (χ4n) is 2.58. The number of anilines is 1. The molecule has 1 unspecified atom stereocenters. The molecular weight excluding hydrogens is 250 g/mol. The molecule has 1 N–H and O–H groups in total. The van der Waals surface area contributed by atoms with Gasteiger partial charge in [-0.25, -0.2) is 0 Å². The molecule has 0 radical (unpaired) electrons. The number of piperazine rings is 1. The molecule has 0 aromatic heterocycles. The number of carbonyl (C=O) groups is 1. The van der Waals surface area contributed by atoms with Gasteiger partial charge in [0.15, 0.2) is 0 Å². The molecule has 1 aromatic carbocycles. The van der Waals surface area contributed by atoms with Crippen molar-refractivity contribution in [3.63, 3.8) is 0 Å². The van der Waals surface area contributed by atoms with Gasteiger partial charge in [-0.3, -0.25) is 9.69 Å². The Morgan fingerprint density at radius 1 is 1.05 bits per heavy atom. The van der Waals surface area contributed by atoms with E-state index in [0.29, 0.717) is 0 Å². The Kier molecular flexibility index (Phi) is 5.01. The number of benzene rings is 1. The maximum absolute atomic E-state index is 12.0. The van der Waals surface area contributed by atoms with Crippen LogP contribution in [0.1, 0.15) is 20.8 Å². The molecule has 0 aliphatic carbocycles. The third-order valence-electron chi connectivity index (χ3n) is 3.79. The minimum Gasteiger partial charge on any atom is -0.369 e. The first-order valence-electron chi connectivity index (χ1n) is 7.42. The normalized spacial score (nSPS) is 18.1. The van der Waals surface area contributed by atoms with Crippen molar-refractivity contribution in [3.05, 3.63) is 30.3 Å². The molecule has 0 spiro atoms. The Morgan fingerprint density at radius 2 is 1.65 bits per heavy atom. The Morgan fingerprint density at radius 3 is 2.20 bits per heavy atom. The lowest BCUT2D eigenvalue weighted by Gasteiger charge is -2.38. The minimum atomic E-state index is -0.0460. The lowest BCUT2D eigenvalue weighted by atomic mass is 10.2. The van der Waals surface area contributed by atoms with Gasteiger partial charge in [0.05, 0.1) is 6.04 Å². The highest BCUT2D eigenvalue weighted by Crippen LogP contribution is 2.16. The molecule has 1 fully saturated rings. The van der Waals surface area contributed by atoms with Gasteiger partial charge in [0.25, 0.3) is 0 Å². The number of para-hydroxylation sites is 1. The van der Waals surface area contributed by atoms with Crippen molar-refractivity contribution >= 4 is 11.6 Å². The number of nitrogens with one attached hydrogen (secondary N) is 1. The summed E-state index contributed by atoms with van der Waals surface area (Å²) in [5, 5.41) is 2.99. The molecule has 1 atom stereocenters. The number of nitrogens with zero attached hydrogens (tertiary/aromatic N) is 2. The maximum atomic E-state index is 12.0. The van der Waals surface area contributed by atoms with Crippen LogP contribution in [0.15, 0.2) is 30.3 Å². The Labute approximate surface area is 121 Å².